The lowest BCUT2D eigenvalue weighted by Gasteiger charge is -2.33. The molecular weight excluding hydrogens is 253 g/mol. The molecule has 0 amide bonds. The number of rotatable bonds is 7. The Labute approximate surface area is 114 Å². The zero-order chi connectivity index (χ0) is 14.3. The van der Waals surface area contributed by atoms with E-state index in [0.29, 0.717) is 19.4 Å². The molecule has 1 fully saturated rings. The van der Waals surface area contributed by atoms with E-state index in [1.165, 1.54) is 0 Å². The molecule has 114 valence electrons. The van der Waals surface area contributed by atoms with Gasteiger partial charge < -0.3 is 10.2 Å². The lowest BCUT2D eigenvalue weighted by molar-refractivity contribution is -0.195. The van der Waals surface area contributed by atoms with Crippen LogP contribution in [0, 0.1) is 11.8 Å². The molecule has 0 aromatic carbocycles. The maximum atomic E-state index is 12.9. The largest absolute Gasteiger partial charge is 0.392 e. The van der Waals surface area contributed by atoms with E-state index in [1.807, 2.05) is 0 Å². The van der Waals surface area contributed by atoms with Gasteiger partial charge in [-0.3, -0.25) is 0 Å². The van der Waals surface area contributed by atoms with E-state index >= 15 is 0 Å². The zero-order valence-electron chi connectivity index (χ0n) is 12.1. The normalized spacial score (nSPS) is 24.9. The van der Waals surface area contributed by atoms with Crippen molar-refractivity contribution in [2.45, 2.75) is 45.7 Å². The molecule has 0 aromatic rings. The highest BCUT2D eigenvalue weighted by atomic mass is 19.4. The van der Waals surface area contributed by atoms with Crippen molar-refractivity contribution in [1.29, 1.82) is 0 Å². The first-order valence-electron chi connectivity index (χ1n) is 7.48. The number of nitrogens with zero attached hydrogens (tertiary/aromatic N) is 1. The van der Waals surface area contributed by atoms with Gasteiger partial charge in [0.05, 0.1) is 5.92 Å². The minimum absolute atomic E-state index is 0.231. The van der Waals surface area contributed by atoms with E-state index in [2.05, 4.69) is 24.1 Å². The van der Waals surface area contributed by atoms with Gasteiger partial charge in [-0.05, 0) is 38.4 Å². The molecule has 19 heavy (non-hydrogen) atoms. The Bertz CT molecular complexity index is 239. The second-order valence-electron chi connectivity index (χ2n) is 5.42. The van der Waals surface area contributed by atoms with Crippen LogP contribution in [-0.2, 0) is 0 Å². The molecule has 0 aliphatic heterocycles. The summed E-state index contributed by atoms with van der Waals surface area (Å²) in [6.45, 7) is 8.39. The molecule has 0 bridgehead atoms. The second kappa shape index (κ2) is 8.10. The Kier molecular flexibility index (Phi) is 7.15. The molecule has 0 spiro atoms. The van der Waals surface area contributed by atoms with Crippen molar-refractivity contribution in [3.63, 3.8) is 0 Å². The van der Waals surface area contributed by atoms with Crippen LogP contribution in [0.25, 0.3) is 0 Å². The first-order valence-corrected chi connectivity index (χ1v) is 7.48. The first kappa shape index (κ1) is 16.8. The Morgan fingerprint density at radius 3 is 2.32 bits per heavy atom. The van der Waals surface area contributed by atoms with Crippen molar-refractivity contribution in [1.82, 2.24) is 10.2 Å². The molecule has 5 heteroatoms. The zero-order valence-corrected chi connectivity index (χ0v) is 12.1. The van der Waals surface area contributed by atoms with Crippen LogP contribution in [0.3, 0.4) is 0 Å². The lowest BCUT2D eigenvalue weighted by Crippen LogP contribution is -2.40. The third kappa shape index (κ3) is 5.69. The molecule has 1 aliphatic rings. The van der Waals surface area contributed by atoms with E-state index < -0.39 is 12.1 Å². The standard InChI is InChI=1S/C14H27F3N2/c1-3-19(4-2)10-9-18-11-12-7-5-6-8-13(12)14(15,16)17/h12-13,18H,3-11H2,1-2H3. The molecule has 1 aliphatic carbocycles. The first-order chi connectivity index (χ1) is 8.99. The molecule has 0 saturated heterocycles. The lowest BCUT2D eigenvalue weighted by atomic mass is 9.79. The topological polar surface area (TPSA) is 15.3 Å². The molecule has 2 atom stereocenters. The SMILES string of the molecule is CCN(CC)CCNCC1CCCCC1C(F)(F)F. The van der Waals surface area contributed by atoms with Crippen molar-refractivity contribution < 1.29 is 13.2 Å². The summed E-state index contributed by atoms with van der Waals surface area (Å²) in [5.74, 6) is -1.33. The molecule has 2 unspecified atom stereocenters. The molecule has 0 radical (unpaired) electrons. The van der Waals surface area contributed by atoms with Gasteiger partial charge in [-0.1, -0.05) is 26.7 Å². The Balaban J connectivity index is 2.30. The number of halogens is 3. The maximum absolute atomic E-state index is 12.9. The van der Waals surface area contributed by atoms with Crippen molar-refractivity contribution in [3.05, 3.63) is 0 Å². The second-order valence-corrected chi connectivity index (χ2v) is 5.42. The van der Waals surface area contributed by atoms with E-state index in [9.17, 15) is 13.2 Å². The van der Waals surface area contributed by atoms with Crippen LogP contribution in [0.15, 0.2) is 0 Å². The van der Waals surface area contributed by atoms with Gasteiger partial charge in [-0.15, -0.1) is 0 Å². The number of hydrogen-bond acceptors (Lipinski definition) is 2. The highest BCUT2D eigenvalue weighted by Crippen LogP contribution is 2.41. The van der Waals surface area contributed by atoms with Crippen LogP contribution in [0.2, 0.25) is 0 Å². The van der Waals surface area contributed by atoms with Crippen LogP contribution in [-0.4, -0.2) is 43.8 Å². The molecular formula is C14H27F3N2. The van der Waals surface area contributed by atoms with Gasteiger partial charge in [-0.2, -0.15) is 13.2 Å². The van der Waals surface area contributed by atoms with Gasteiger partial charge in [0.25, 0.3) is 0 Å². The van der Waals surface area contributed by atoms with Crippen molar-refractivity contribution in [3.8, 4) is 0 Å². The number of alkyl halides is 3. The third-order valence-electron chi connectivity index (χ3n) is 4.24. The summed E-state index contributed by atoms with van der Waals surface area (Å²) < 4.78 is 38.7. The predicted molar refractivity (Wildman–Crippen MR) is 72.2 cm³/mol. The number of nitrogens with one attached hydrogen (secondary N) is 1. The summed E-state index contributed by atoms with van der Waals surface area (Å²) in [5, 5.41) is 3.21. The predicted octanol–water partition coefficient (Wildman–Crippen LogP) is 3.29. The average Bonchev–Trinajstić information content (AvgIpc) is 2.38. The molecule has 1 N–H and O–H groups in total. The smallest absolute Gasteiger partial charge is 0.315 e. The minimum Gasteiger partial charge on any atom is -0.315 e. The number of likely N-dealkylation sites (N-methyl/N-ethyl adjacent to an activating group) is 1. The summed E-state index contributed by atoms with van der Waals surface area (Å²) in [7, 11) is 0. The quantitative estimate of drug-likeness (QED) is 0.720. The maximum Gasteiger partial charge on any atom is 0.392 e. The summed E-state index contributed by atoms with van der Waals surface area (Å²) >= 11 is 0. The fraction of sp³-hybridized carbons (Fsp3) is 1.00. The van der Waals surface area contributed by atoms with Gasteiger partial charge in [-0.25, -0.2) is 0 Å². The van der Waals surface area contributed by atoms with E-state index in [-0.39, 0.29) is 5.92 Å². The highest BCUT2D eigenvalue weighted by molar-refractivity contribution is 4.82. The van der Waals surface area contributed by atoms with E-state index in [0.717, 1.165) is 39.0 Å². The summed E-state index contributed by atoms with van der Waals surface area (Å²) in [6, 6.07) is 0. The fourth-order valence-electron chi connectivity index (χ4n) is 2.95. The van der Waals surface area contributed by atoms with Crippen LogP contribution in [0.1, 0.15) is 39.5 Å². The summed E-state index contributed by atoms with van der Waals surface area (Å²) in [6.07, 6.45) is -1.34. The van der Waals surface area contributed by atoms with Gasteiger partial charge in [0, 0.05) is 13.1 Å². The third-order valence-corrected chi connectivity index (χ3v) is 4.24. The van der Waals surface area contributed by atoms with E-state index in [4.69, 9.17) is 0 Å². The average molecular weight is 280 g/mol. The Hall–Kier alpha value is -0.290. The van der Waals surface area contributed by atoms with Gasteiger partial charge in [0.15, 0.2) is 0 Å². The van der Waals surface area contributed by atoms with Gasteiger partial charge in [0.2, 0.25) is 0 Å². The summed E-state index contributed by atoms with van der Waals surface area (Å²) in [5.41, 5.74) is 0. The van der Waals surface area contributed by atoms with Crippen molar-refractivity contribution in [2.75, 3.05) is 32.7 Å². The molecule has 1 saturated carbocycles. The minimum atomic E-state index is -4.02. The van der Waals surface area contributed by atoms with Crippen LogP contribution in [0.4, 0.5) is 13.2 Å². The molecule has 0 aromatic heterocycles. The highest BCUT2D eigenvalue weighted by Gasteiger charge is 2.44. The molecule has 1 rings (SSSR count). The summed E-state index contributed by atoms with van der Waals surface area (Å²) in [4.78, 5) is 2.27. The Morgan fingerprint density at radius 1 is 1.11 bits per heavy atom. The van der Waals surface area contributed by atoms with Gasteiger partial charge in [0.1, 0.15) is 0 Å². The van der Waals surface area contributed by atoms with Crippen LogP contribution in [0.5, 0.6) is 0 Å². The monoisotopic (exact) mass is 280 g/mol. The van der Waals surface area contributed by atoms with E-state index in [1.54, 1.807) is 0 Å². The van der Waals surface area contributed by atoms with Crippen LogP contribution >= 0.6 is 0 Å². The molecule has 2 nitrogen and oxygen atoms in total. The van der Waals surface area contributed by atoms with Crippen LogP contribution < -0.4 is 5.32 Å². The molecule has 0 heterocycles. The fourth-order valence-corrected chi connectivity index (χ4v) is 2.95. The van der Waals surface area contributed by atoms with Crippen molar-refractivity contribution >= 4 is 0 Å². The number of hydrogen-bond donors (Lipinski definition) is 1. The van der Waals surface area contributed by atoms with Gasteiger partial charge >= 0.3 is 6.18 Å². The Morgan fingerprint density at radius 2 is 1.74 bits per heavy atom. The van der Waals surface area contributed by atoms with Crippen molar-refractivity contribution in [2.24, 2.45) is 11.8 Å².